The quantitative estimate of drug-likeness (QED) is 0.737. The lowest BCUT2D eigenvalue weighted by molar-refractivity contribution is -0.136. The van der Waals surface area contributed by atoms with Gasteiger partial charge in [0.25, 0.3) is 0 Å². The number of rotatable bonds is 6. The minimum Gasteiger partial charge on any atom is -0.394 e. The standard InChI is InChI=1S/C24H37N5O3/c1-18-8-5-6-9-21(18)13-27(4)15-23-19(2)12-29(20(3)16-30)24(31)10-7-11-28-14-22(17-32-23)25-26-28/h5-6,8-9,14,19-20,23,30H,7,10-13,15-17H2,1-4H3/t19-,20-,23+/m1/s1. The Morgan fingerprint density at radius 1 is 1.34 bits per heavy atom. The fourth-order valence-electron chi connectivity index (χ4n) is 4.14. The Morgan fingerprint density at radius 2 is 2.12 bits per heavy atom. The number of benzene rings is 1. The van der Waals surface area contributed by atoms with Crippen molar-refractivity contribution in [2.45, 2.75) is 65.5 Å². The third-order valence-electron chi connectivity index (χ3n) is 6.24. The molecule has 8 heteroatoms. The first-order valence-electron chi connectivity index (χ1n) is 11.5. The number of fused-ring (bicyclic) bond motifs is 2. The lowest BCUT2D eigenvalue weighted by atomic mass is 10.0. The minimum atomic E-state index is -0.224. The van der Waals surface area contributed by atoms with Crippen LogP contribution >= 0.6 is 0 Å². The predicted octanol–water partition coefficient (Wildman–Crippen LogP) is 2.24. The van der Waals surface area contributed by atoms with Crippen LogP contribution in [0.1, 0.15) is 43.5 Å². The molecule has 0 aliphatic carbocycles. The Morgan fingerprint density at radius 3 is 2.88 bits per heavy atom. The van der Waals surface area contributed by atoms with Gasteiger partial charge in [-0.1, -0.05) is 36.4 Å². The zero-order valence-electron chi connectivity index (χ0n) is 19.8. The van der Waals surface area contributed by atoms with E-state index in [1.54, 1.807) is 4.68 Å². The van der Waals surface area contributed by atoms with Crippen molar-refractivity contribution in [1.29, 1.82) is 0 Å². The van der Waals surface area contributed by atoms with Crippen LogP contribution in [0.4, 0.5) is 0 Å². The van der Waals surface area contributed by atoms with Crippen molar-refractivity contribution >= 4 is 5.91 Å². The van der Waals surface area contributed by atoms with Crippen LogP contribution in [0.3, 0.4) is 0 Å². The molecule has 3 rings (SSSR count). The van der Waals surface area contributed by atoms with Gasteiger partial charge in [0.05, 0.1) is 31.6 Å². The summed E-state index contributed by atoms with van der Waals surface area (Å²) >= 11 is 0. The molecule has 1 aromatic heterocycles. The van der Waals surface area contributed by atoms with E-state index in [1.807, 2.05) is 18.0 Å². The van der Waals surface area contributed by atoms with Crippen molar-refractivity contribution < 1.29 is 14.6 Å². The summed E-state index contributed by atoms with van der Waals surface area (Å²) in [6.45, 7) is 9.21. The zero-order chi connectivity index (χ0) is 23.1. The topological polar surface area (TPSA) is 83.7 Å². The monoisotopic (exact) mass is 443 g/mol. The minimum absolute atomic E-state index is 0.0524. The van der Waals surface area contributed by atoms with Gasteiger partial charge < -0.3 is 14.7 Å². The summed E-state index contributed by atoms with van der Waals surface area (Å²) in [6.07, 6.45) is 2.91. The first-order valence-corrected chi connectivity index (χ1v) is 11.5. The molecule has 8 nitrogen and oxygen atoms in total. The van der Waals surface area contributed by atoms with E-state index in [9.17, 15) is 9.90 Å². The van der Waals surface area contributed by atoms with Gasteiger partial charge in [0, 0.05) is 38.5 Å². The highest BCUT2D eigenvalue weighted by Crippen LogP contribution is 2.18. The fraction of sp³-hybridized carbons (Fsp3) is 0.625. The van der Waals surface area contributed by atoms with Crippen molar-refractivity contribution in [3.63, 3.8) is 0 Å². The molecule has 3 atom stereocenters. The molecule has 1 amide bonds. The number of aryl methyl sites for hydroxylation is 2. The molecule has 2 aromatic rings. The molecule has 0 radical (unpaired) electrons. The molecule has 1 aliphatic rings. The van der Waals surface area contributed by atoms with Crippen LogP contribution in [0.15, 0.2) is 30.5 Å². The third kappa shape index (κ3) is 6.60. The van der Waals surface area contributed by atoms with E-state index in [4.69, 9.17) is 4.74 Å². The van der Waals surface area contributed by atoms with Crippen molar-refractivity contribution in [2.24, 2.45) is 5.92 Å². The molecule has 1 N–H and O–H groups in total. The summed E-state index contributed by atoms with van der Waals surface area (Å²) in [5.41, 5.74) is 3.37. The van der Waals surface area contributed by atoms with Crippen molar-refractivity contribution in [3.05, 3.63) is 47.3 Å². The Kier molecular flexibility index (Phi) is 8.78. The van der Waals surface area contributed by atoms with Gasteiger partial charge in [-0.25, -0.2) is 0 Å². The molecular formula is C24H37N5O3. The summed E-state index contributed by atoms with van der Waals surface area (Å²) in [6, 6.07) is 8.18. The van der Waals surface area contributed by atoms with Gasteiger partial charge in [-0.2, -0.15) is 0 Å². The number of hydrogen-bond acceptors (Lipinski definition) is 6. The van der Waals surface area contributed by atoms with Crippen LogP contribution in [0.5, 0.6) is 0 Å². The maximum absolute atomic E-state index is 13.0. The number of ether oxygens (including phenoxy) is 1. The maximum Gasteiger partial charge on any atom is 0.222 e. The smallest absolute Gasteiger partial charge is 0.222 e. The lowest BCUT2D eigenvalue weighted by Crippen LogP contribution is -2.47. The van der Waals surface area contributed by atoms with Crippen LogP contribution in [0.25, 0.3) is 0 Å². The number of carbonyl (C=O) groups is 1. The van der Waals surface area contributed by atoms with Gasteiger partial charge in [0.15, 0.2) is 0 Å². The van der Waals surface area contributed by atoms with Crippen LogP contribution in [0.2, 0.25) is 0 Å². The average molecular weight is 444 g/mol. The van der Waals surface area contributed by atoms with Gasteiger partial charge in [-0.3, -0.25) is 14.4 Å². The van der Waals surface area contributed by atoms with Crippen LogP contribution in [-0.2, 0) is 29.2 Å². The molecular weight excluding hydrogens is 406 g/mol. The Labute approximate surface area is 191 Å². The largest absolute Gasteiger partial charge is 0.394 e. The SMILES string of the molecule is Cc1ccccc1CN(C)C[C@@H]1OCc2cn(nn2)CCCC(=O)N([C@H](C)CO)C[C@H]1C. The van der Waals surface area contributed by atoms with Crippen LogP contribution in [0, 0.1) is 12.8 Å². The van der Waals surface area contributed by atoms with Crippen molar-refractivity contribution in [1.82, 2.24) is 24.8 Å². The van der Waals surface area contributed by atoms with Crippen molar-refractivity contribution in [3.8, 4) is 0 Å². The van der Waals surface area contributed by atoms with Gasteiger partial charge in [0.2, 0.25) is 5.91 Å². The second kappa shape index (κ2) is 11.5. The molecule has 0 fully saturated rings. The number of aliphatic hydroxyl groups excluding tert-OH is 1. The van der Waals surface area contributed by atoms with Crippen LogP contribution in [-0.4, -0.2) is 74.7 Å². The summed E-state index contributed by atoms with van der Waals surface area (Å²) in [5, 5.41) is 18.1. The second-order valence-corrected chi connectivity index (χ2v) is 9.10. The molecule has 176 valence electrons. The van der Waals surface area contributed by atoms with Gasteiger partial charge >= 0.3 is 0 Å². The fourth-order valence-corrected chi connectivity index (χ4v) is 4.14. The summed E-state index contributed by atoms with van der Waals surface area (Å²) < 4.78 is 8.11. The van der Waals surface area contributed by atoms with Crippen molar-refractivity contribution in [2.75, 3.05) is 26.7 Å². The number of carbonyl (C=O) groups excluding carboxylic acids is 1. The average Bonchev–Trinajstić information content (AvgIpc) is 3.23. The summed E-state index contributed by atoms with van der Waals surface area (Å²) in [4.78, 5) is 17.0. The maximum atomic E-state index is 13.0. The number of aliphatic hydroxyl groups is 1. The van der Waals surface area contributed by atoms with E-state index >= 15 is 0 Å². The zero-order valence-corrected chi connectivity index (χ0v) is 19.8. The summed E-state index contributed by atoms with van der Waals surface area (Å²) in [7, 11) is 2.10. The molecule has 2 heterocycles. The first kappa shape index (κ1) is 24.4. The van der Waals surface area contributed by atoms with Gasteiger partial charge in [-0.05, 0) is 38.4 Å². The highest BCUT2D eigenvalue weighted by Gasteiger charge is 2.28. The number of hydrogen-bond donors (Lipinski definition) is 1. The van der Waals surface area contributed by atoms with Gasteiger partial charge in [-0.15, -0.1) is 5.10 Å². The molecule has 32 heavy (non-hydrogen) atoms. The van der Waals surface area contributed by atoms with E-state index in [0.717, 1.165) is 18.8 Å². The molecule has 0 saturated carbocycles. The van der Waals surface area contributed by atoms with E-state index in [1.165, 1.54) is 11.1 Å². The van der Waals surface area contributed by atoms with E-state index in [2.05, 4.69) is 60.4 Å². The highest BCUT2D eigenvalue weighted by atomic mass is 16.5. The highest BCUT2D eigenvalue weighted by molar-refractivity contribution is 5.76. The third-order valence-corrected chi connectivity index (χ3v) is 6.24. The number of aromatic nitrogens is 3. The van der Waals surface area contributed by atoms with E-state index in [-0.39, 0.29) is 30.6 Å². The molecule has 0 spiro atoms. The predicted molar refractivity (Wildman–Crippen MR) is 123 cm³/mol. The normalized spacial score (nSPS) is 21.7. The Hall–Kier alpha value is -2.29. The number of nitrogens with zero attached hydrogens (tertiary/aromatic N) is 5. The van der Waals surface area contributed by atoms with Crippen LogP contribution < -0.4 is 0 Å². The Bertz CT molecular complexity index is 871. The number of likely N-dealkylation sites (N-methyl/N-ethyl adjacent to an activating group) is 1. The first-order chi connectivity index (χ1) is 15.4. The molecule has 1 aliphatic heterocycles. The molecule has 2 bridgehead atoms. The van der Waals surface area contributed by atoms with Gasteiger partial charge in [0.1, 0.15) is 5.69 Å². The Balaban J connectivity index is 1.77. The number of amides is 1. The second-order valence-electron chi connectivity index (χ2n) is 9.10. The molecule has 1 aromatic carbocycles. The van der Waals surface area contributed by atoms with E-state index < -0.39 is 0 Å². The molecule has 0 saturated heterocycles. The van der Waals surface area contributed by atoms with E-state index in [0.29, 0.717) is 32.5 Å². The molecule has 0 unspecified atom stereocenters. The lowest BCUT2D eigenvalue weighted by Gasteiger charge is -2.35. The summed E-state index contributed by atoms with van der Waals surface area (Å²) in [5.74, 6) is 0.146.